The highest BCUT2D eigenvalue weighted by atomic mass is 16.6. The first-order valence-corrected chi connectivity index (χ1v) is 22.9. The van der Waals surface area contributed by atoms with Crippen LogP contribution in [0.3, 0.4) is 0 Å². The van der Waals surface area contributed by atoms with Crippen LogP contribution in [0.2, 0.25) is 0 Å². The van der Waals surface area contributed by atoms with Crippen LogP contribution in [0.15, 0.2) is 48.5 Å². The van der Waals surface area contributed by atoms with Crippen molar-refractivity contribution in [2.45, 2.75) is 71.9 Å². The third-order valence-corrected chi connectivity index (χ3v) is 10.6. The van der Waals surface area contributed by atoms with Crippen LogP contribution >= 0.6 is 0 Å². The summed E-state index contributed by atoms with van der Waals surface area (Å²) in [6.45, 7) is 15.6. The molecular formula is C47H73N5O12. The van der Waals surface area contributed by atoms with Gasteiger partial charge in [0.25, 0.3) is 11.8 Å². The summed E-state index contributed by atoms with van der Waals surface area (Å²) >= 11 is 0. The van der Waals surface area contributed by atoms with E-state index in [1.807, 2.05) is 52.0 Å². The molecule has 358 valence electrons. The van der Waals surface area contributed by atoms with Crippen LogP contribution in [0.5, 0.6) is 0 Å². The molecule has 64 heavy (non-hydrogen) atoms. The summed E-state index contributed by atoms with van der Waals surface area (Å²) in [6, 6.07) is 12.9. The molecule has 0 radical (unpaired) electrons. The highest BCUT2D eigenvalue weighted by molar-refractivity contribution is 6.08. The molecule has 1 atom stereocenters. The summed E-state index contributed by atoms with van der Waals surface area (Å²) < 4.78 is 43.6. The topological polar surface area (TPSA) is 185 Å². The van der Waals surface area contributed by atoms with Gasteiger partial charge in [-0.05, 0) is 50.1 Å². The van der Waals surface area contributed by atoms with E-state index in [0.717, 1.165) is 31.4 Å². The van der Waals surface area contributed by atoms with Crippen molar-refractivity contribution >= 4 is 40.7 Å². The molecule has 3 N–H and O–H groups in total. The van der Waals surface area contributed by atoms with Crippen LogP contribution in [-0.4, -0.2) is 161 Å². The number of rotatable bonds is 31. The van der Waals surface area contributed by atoms with Crippen molar-refractivity contribution < 1.29 is 57.1 Å². The lowest BCUT2D eigenvalue weighted by atomic mass is 9.90. The van der Waals surface area contributed by atoms with Crippen LogP contribution in [-0.2, 0) is 47.5 Å². The van der Waals surface area contributed by atoms with Crippen LogP contribution in [0.1, 0.15) is 70.2 Å². The van der Waals surface area contributed by atoms with Gasteiger partial charge in [0, 0.05) is 42.4 Å². The van der Waals surface area contributed by atoms with E-state index in [1.165, 1.54) is 11.3 Å². The quantitative estimate of drug-likeness (QED) is 0.0874. The Morgan fingerprint density at radius 2 is 1.17 bits per heavy atom. The molecule has 4 amide bonds. The molecule has 1 fully saturated rings. The van der Waals surface area contributed by atoms with Gasteiger partial charge in [0.2, 0.25) is 0 Å². The minimum absolute atomic E-state index is 0.0829. The molecule has 1 heterocycles. The zero-order valence-electron chi connectivity index (χ0n) is 38.5. The molecular weight excluding hydrogens is 827 g/mol. The predicted molar refractivity (Wildman–Crippen MR) is 244 cm³/mol. The number of amides is 4. The minimum atomic E-state index is -0.931. The van der Waals surface area contributed by atoms with Gasteiger partial charge in [0.1, 0.15) is 6.04 Å². The number of fused-ring (bicyclic) bond motifs is 1. The van der Waals surface area contributed by atoms with Gasteiger partial charge in [0.15, 0.2) is 5.78 Å². The van der Waals surface area contributed by atoms with E-state index in [1.54, 1.807) is 24.3 Å². The summed E-state index contributed by atoms with van der Waals surface area (Å²) in [5.41, 5.74) is 1.63. The van der Waals surface area contributed by atoms with Crippen LogP contribution in [0.25, 0.3) is 0 Å². The third-order valence-electron chi connectivity index (χ3n) is 10.6. The lowest BCUT2D eigenvalue weighted by molar-refractivity contribution is -0.127. The number of nitrogens with zero attached hydrogens (tertiary/aromatic N) is 2. The highest BCUT2D eigenvalue weighted by Gasteiger charge is 2.39. The number of Topliss-reactive ketones (excluding diaryl/α,β-unsaturated/α-hetero) is 1. The monoisotopic (exact) mass is 900 g/mol. The van der Waals surface area contributed by atoms with Gasteiger partial charge in [-0.15, -0.1) is 0 Å². The number of anilines is 3. The molecule has 2 aromatic carbocycles. The molecule has 1 aliphatic carbocycles. The van der Waals surface area contributed by atoms with Crippen molar-refractivity contribution in [2.75, 3.05) is 140 Å². The second kappa shape index (κ2) is 30.1. The molecule has 2 aliphatic rings. The van der Waals surface area contributed by atoms with Gasteiger partial charge in [-0.25, -0.2) is 4.79 Å². The summed E-state index contributed by atoms with van der Waals surface area (Å²) in [5, 5.41) is 8.54. The molecule has 0 bridgehead atoms. The van der Waals surface area contributed by atoms with Gasteiger partial charge in [0.05, 0.1) is 117 Å². The Hall–Kier alpha value is -4.20. The smallest absolute Gasteiger partial charge is 0.319 e. The fourth-order valence-corrected chi connectivity index (χ4v) is 7.09. The summed E-state index contributed by atoms with van der Waals surface area (Å²) in [5.74, 6) is -0.760. The Kier molecular flexibility index (Phi) is 24.6. The van der Waals surface area contributed by atoms with E-state index in [0.29, 0.717) is 123 Å². The van der Waals surface area contributed by atoms with E-state index in [4.69, 9.17) is 37.9 Å². The first kappa shape index (κ1) is 52.4. The Bertz CT molecular complexity index is 1670. The lowest BCUT2D eigenvalue weighted by Gasteiger charge is -2.37. The van der Waals surface area contributed by atoms with Crippen molar-refractivity contribution in [1.82, 2.24) is 10.6 Å². The maximum Gasteiger partial charge on any atom is 0.319 e. The number of para-hydroxylation sites is 2. The second-order valence-corrected chi connectivity index (χ2v) is 16.5. The summed E-state index contributed by atoms with van der Waals surface area (Å²) in [6.07, 6.45) is 5.31. The Balaban J connectivity index is 1.08. The SMILES string of the molecule is CCOCCOCCOCCOCCOCCOCCOCCOCCNC(=O)c1cccc(NC(=O)N[C@@H]2CN(C3CCCCC3)c3ccccc3N(CC(=O)C(C)(C)C)C2=O)c1. The number of carbonyl (C=O) groups excluding carboxylic acids is 4. The summed E-state index contributed by atoms with van der Waals surface area (Å²) in [4.78, 5) is 57.9. The fourth-order valence-electron chi connectivity index (χ4n) is 7.09. The number of hydrogen-bond acceptors (Lipinski definition) is 13. The van der Waals surface area contributed by atoms with Gasteiger partial charge < -0.3 is 63.6 Å². The van der Waals surface area contributed by atoms with Gasteiger partial charge >= 0.3 is 6.03 Å². The maximum atomic E-state index is 14.3. The fraction of sp³-hybridized carbons (Fsp3) is 0.660. The largest absolute Gasteiger partial charge is 0.379 e. The molecule has 0 saturated heterocycles. The predicted octanol–water partition coefficient (Wildman–Crippen LogP) is 4.86. The lowest BCUT2D eigenvalue weighted by Crippen LogP contribution is -2.55. The van der Waals surface area contributed by atoms with Crippen molar-refractivity contribution in [3.63, 3.8) is 0 Å². The molecule has 1 saturated carbocycles. The van der Waals surface area contributed by atoms with Crippen molar-refractivity contribution in [1.29, 1.82) is 0 Å². The number of benzene rings is 2. The number of nitrogens with one attached hydrogen (secondary N) is 3. The number of ether oxygens (including phenoxy) is 8. The van der Waals surface area contributed by atoms with Gasteiger partial charge in [-0.1, -0.05) is 58.2 Å². The third kappa shape index (κ3) is 19.5. The number of urea groups is 1. The van der Waals surface area contributed by atoms with Gasteiger partial charge in [-0.3, -0.25) is 14.4 Å². The zero-order valence-corrected chi connectivity index (χ0v) is 38.5. The van der Waals surface area contributed by atoms with Crippen LogP contribution < -0.4 is 25.8 Å². The molecule has 2 aromatic rings. The molecule has 1 aliphatic heterocycles. The van der Waals surface area contributed by atoms with Crippen molar-refractivity contribution in [3.8, 4) is 0 Å². The molecule has 4 rings (SSSR count). The summed E-state index contributed by atoms with van der Waals surface area (Å²) in [7, 11) is 0. The van der Waals surface area contributed by atoms with Crippen LogP contribution in [0.4, 0.5) is 21.9 Å². The molecule has 0 spiro atoms. The van der Waals surface area contributed by atoms with E-state index in [-0.39, 0.29) is 43.3 Å². The van der Waals surface area contributed by atoms with E-state index in [9.17, 15) is 19.2 Å². The minimum Gasteiger partial charge on any atom is -0.379 e. The second-order valence-electron chi connectivity index (χ2n) is 16.5. The first-order valence-electron chi connectivity index (χ1n) is 22.9. The van der Waals surface area contributed by atoms with Crippen molar-refractivity contribution in [3.05, 3.63) is 54.1 Å². The standard InChI is InChI=1S/C47H73N5O12/c1-5-57-20-21-59-24-25-61-28-29-63-32-33-64-31-30-62-27-26-60-23-22-58-19-18-48-44(54)37-12-11-13-38(34-37)49-46(56)50-40-35-51(39-14-7-6-8-15-39)41-16-9-10-17-42(41)52(45(40)55)36-43(53)47(2,3)4/h9-13,16-17,34,39-40H,5-8,14-15,18-33,35-36H2,1-4H3,(H,48,54)(H2,49,50,56)/t40-/m1/s1. The Labute approximate surface area is 379 Å². The van der Waals surface area contributed by atoms with E-state index < -0.39 is 17.5 Å². The number of carbonyl (C=O) groups is 4. The maximum absolute atomic E-state index is 14.3. The molecule has 17 nitrogen and oxygen atoms in total. The zero-order chi connectivity index (χ0) is 45.8. The Morgan fingerprint density at radius 1 is 0.656 bits per heavy atom. The van der Waals surface area contributed by atoms with Gasteiger partial charge in [-0.2, -0.15) is 0 Å². The number of ketones is 1. The van der Waals surface area contributed by atoms with Crippen LogP contribution in [0, 0.1) is 5.41 Å². The highest BCUT2D eigenvalue weighted by Crippen LogP contribution is 2.37. The first-order chi connectivity index (χ1) is 31.1. The van der Waals surface area contributed by atoms with Crippen molar-refractivity contribution in [2.24, 2.45) is 5.41 Å². The Morgan fingerprint density at radius 3 is 1.70 bits per heavy atom. The van der Waals surface area contributed by atoms with E-state index in [2.05, 4.69) is 20.9 Å². The normalized spacial score (nSPS) is 15.8. The average molecular weight is 900 g/mol. The molecule has 0 unspecified atom stereocenters. The molecule has 0 aromatic heterocycles. The number of hydrogen-bond donors (Lipinski definition) is 3. The average Bonchev–Trinajstić information content (AvgIpc) is 3.39. The molecule has 17 heteroatoms. The van der Waals surface area contributed by atoms with E-state index >= 15 is 0 Å².